The van der Waals surface area contributed by atoms with Crippen molar-refractivity contribution in [2.45, 2.75) is 79.4 Å². The Morgan fingerprint density at radius 3 is 2.39 bits per heavy atom. The molecular formula is C25H32O6. The molecule has 4 unspecified atom stereocenters. The summed E-state index contributed by atoms with van der Waals surface area (Å²) in [5, 5.41) is 0. The molecule has 6 nitrogen and oxygen atoms in total. The minimum absolute atomic E-state index is 0.222. The third-order valence-electron chi connectivity index (χ3n) is 7.52. The van der Waals surface area contributed by atoms with E-state index in [-0.39, 0.29) is 36.0 Å². The normalized spacial score (nSPS) is 31.0. The fourth-order valence-electron chi connectivity index (χ4n) is 4.85. The van der Waals surface area contributed by atoms with Crippen molar-refractivity contribution in [3.8, 4) is 0 Å². The largest absolute Gasteiger partial charge is 0.460 e. The van der Waals surface area contributed by atoms with Gasteiger partial charge in [0.15, 0.2) is 11.4 Å². The SMILES string of the molecule is CC=C(C)C(=O)OC1CCC2(OC(=O)C(C)=CC)C(=O)c3occ(C)c3CC2(C)C1C. The highest BCUT2D eigenvalue weighted by atomic mass is 16.6. The van der Waals surface area contributed by atoms with Crippen molar-refractivity contribution in [3.63, 3.8) is 0 Å². The second kappa shape index (κ2) is 8.13. The van der Waals surface area contributed by atoms with Crippen molar-refractivity contribution < 1.29 is 28.3 Å². The van der Waals surface area contributed by atoms with E-state index in [1.54, 1.807) is 46.1 Å². The lowest BCUT2D eigenvalue weighted by Crippen LogP contribution is -2.66. The maximum absolute atomic E-state index is 13.8. The molecule has 1 aromatic heterocycles. The van der Waals surface area contributed by atoms with Gasteiger partial charge in [0.05, 0.1) is 6.26 Å². The molecule has 0 aromatic carbocycles. The monoisotopic (exact) mass is 428 g/mol. The highest BCUT2D eigenvalue weighted by Crippen LogP contribution is 2.57. The van der Waals surface area contributed by atoms with Crippen LogP contribution in [-0.4, -0.2) is 29.4 Å². The zero-order chi connectivity index (χ0) is 23.1. The molecule has 0 bridgehead atoms. The lowest BCUT2D eigenvalue weighted by molar-refractivity contribution is -0.194. The van der Waals surface area contributed by atoms with Crippen molar-refractivity contribution >= 4 is 17.7 Å². The van der Waals surface area contributed by atoms with Gasteiger partial charge in [-0.25, -0.2) is 9.59 Å². The van der Waals surface area contributed by atoms with Gasteiger partial charge in [0.2, 0.25) is 5.78 Å². The molecule has 4 atom stereocenters. The number of fused-ring (bicyclic) bond motifs is 2. The Morgan fingerprint density at radius 1 is 1.16 bits per heavy atom. The van der Waals surface area contributed by atoms with E-state index in [1.165, 1.54) is 0 Å². The van der Waals surface area contributed by atoms with Crippen LogP contribution in [0.5, 0.6) is 0 Å². The van der Waals surface area contributed by atoms with Crippen molar-refractivity contribution in [1.82, 2.24) is 0 Å². The Kier molecular flexibility index (Phi) is 6.05. The molecule has 3 rings (SSSR count). The quantitative estimate of drug-likeness (QED) is 0.502. The standard InChI is InChI=1S/C25H32O6/c1-8-14(3)22(27)30-19-10-11-25(31-23(28)15(4)9-2)21(26)20-18(16(5)13-29-20)12-24(25,7)17(19)6/h8-9,13,17,19H,10-12H2,1-7H3. The minimum Gasteiger partial charge on any atom is -0.460 e. The Labute approximate surface area is 183 Å². The van der Waals surface area contributed by atoms with Gasteiger partial charge < -0.3 is 13.9 Å². The number of furan rings is 1. The Morgan fingerprint density at radius 2 is 1.77 bits per heavy atom. The van der Waals surface area contributed by atoms with E-state index >= 15 is 0 Å². The van der Waals surface area contributed by atoms with Gasteiger partial charge in [-0.3, -0.25) is 4.79 Å². The van der Waals surface area contributed by atoms with Crippen molar-refractivity contribution in [1.29, 1.82) is 0 Å². The molecule has 0 radical (unpaired) electrons. The van der Waals surface area contributed by atoms with E-state index in [2.05, 4.69) is 0 Å². The second-order valence-electron chi connectivity index (χ2n) is 9.08. The van der Waals surface area contributed by atoms with E-state index in [9.17, 15) is 14.4 Å². The Hall–Kier alpha value is -2.63. The summed E-state index contributed by atoms with van der Waals surface area (Å²) in [6, 6.07) is 0. The van der Waals surface area contributed by atoms with Crippen molar-refractivity contribution in [2.75, 3.05) is 0 Å². The average Bonchev–Trinajstić information content (AvgIpc) is 3.11. The number of hydrogen-bond donors (Lipinski definition) is 0. The number of aryl methyl sites for hydroxylation is 1. The molecule has 0 saturated heterocycles. The molecule has 0 N–H and O–H groups in total. The summed E-state index contributed by atoms with van der Waals surface area (Å²) in [6.07, 6.45) is 5.76. The Balaban J connectivity index is 2.08. The van der Waals surface area contributed by atoms with Crippen LogP contribution in [0, 0.1) is 18.3 Å². The molecule has 2 aliphatic rings. The molecule has 0 aliphatic heterocycles. The summed E-state index contributed by atoms with van der Waals surface area (Å²) in [4.78, 5) is 39.0. The van der Waals surface area contributed by atoms with E-state index < -0.39 is 17.0 Å². The van der Waals surface area contributed by atoms with Gasteiger partial charge in [0.25, 0.3) is 0 Å². The van der Waals surface area contributed by atoms with Crippen LogP contribution in [0.25, 0.3) is 0 Å². The zero-order valence-electron chi connectivity index (χ0n) is 19.5. The fraction of sp³-hybridized carbons (Fsp3) is 0.560. The van der Waals surface area contributed by atoms with E-state index in [0.29, 0.717) is 24.0 Å². The molecular weight excluding hydrogens is 396 g/mol. The number of carbonyl (C=O) groups excluding carboxylic acids is 3. The van der Waals surface area contributed by atoms with Gasteiger partial charge in [0, 0.05) is 28.0 Å². The van der Waals surface area contributed by atoms with Crippen molar-refractivity contribution in [2.24, 2.45) is 11.3 Å². The predicted octanol–water partition coefficient (Wildman–Crippen LogP) is 4.89. The number of allylic oxidation sites excluding steroid dienone is 2. The highest BCUT2D eigenvalue weighted by Gasteiger charge is 2.67. The summed E-state index contributed by atoms with van der Waals surface area (Å²) in [5.74, 6) is -1.13. The molecule has 1 fully saturated rings. The van der Waals surface area contributed by atoms with Crippen LogP contribution in [0.2, 0.25) is 0 Å². The van der Waals surface area contributed by atoms with Crippen LogP contribution >= 0.6 is 0 Å². The van der Waals surface area contributed by atoms with Crippen LogP contribution in [0.15, 0.2) is 34.0 Å². The number of hydrogen-bond acceptors (Lipinski definition) is 6. The summed E-state index contributed by atoms with van der Waals surface area (Å²) in [5.41, 5.74) is 0.579. The molecule has 31 heavy (non-hydrogen) atoms. The second-order valence-corrected chi connectivity index (χ2v) is 9.08. The molecule has 0 spiro atoms. The lowest BCUT2D eigenvalue weighted by atomic mass is 9.51. The molecule has 1 aromatic rings. The number of ketones is 1. The van der Waals surface area contributed by atoms with Gasteiger partial charge >= 0.3 is 11.9 Å². The minimum atomic E-state index is -1.37. The molecule has 1 saturated carbocycles. The highest BCUT2D eigenvalue weighted by molar-refractivity contribution is 6.05. The number of carbonyl (C=O) groups is 3. The van der Waals surface area contributed by atoms with Gasteiger partial charge in [-0.1, -0.05) is 26.0 Å². The third kappa shape index (κ3) is 3.46. The lowest BCUT2D eigenvalue weighted by Gasteiger charge is -2.56. The first-order valence-electron chi connectivity index (χ1n) is 10.8. The molecule has 1 heterocycles. The maximum atomic E-state index is 13.8. The van der Waals surface area contributed by atoms with E-state index in [0.717, 1.165) is 11.1 Å². The summed E-state index contributed by atoms with van der Waals surface area (Å²) < 4.78 is 17.5. The third-order valence-corrected chi connectivity index (χ3v) is 7.52. The fourth-order valence-corrected chi connectivity index (χ4v) is 4.85. The van der Waals surface area contributed by atoms with E-state index in [1.807, 2.05) is 20.8 Å². The van der Waals surface area contributed by atoms with Crippen LogP contribution < -0.4 is 0 Å². The smallest absolute Gasteiger partial charge is 0.334 e. The van der Waals surface area contributed by atoms with Crippen LogP contribution in [0.1, 0.15) is 76.1 Å². The first-order chi connectivity index (χ1) is 14.5. The summed E-state index contributed by atoms with van der Waals surface area (Å²) in [6.45, 7) is 12.8. The van der Waals surface area contributed by atoms with Gasteiger partial charge in [-0.15, -0.1) is 0 Å². The van der Waals surface area contributed by atoms with Crippen LogP contribution in [-0.2, 0) is 25.5 Å². The number of ether oxygens (including phenoxy) is 2. The summed E-state index contributed by atoms with van der Waals surface area (Å²) >= 11 is 0. The number of Topliss-reactive ketones (excluding diaryl/α,β-unsaturated/α-hetero) is 1. The van der Waals surface area contributed by atoms with Crippen molar-refractivity contribution in [3.05, 3.63) is 46.4 Å². The van der Waals surface area contributed by atoms with Gasteiger partial charge in [-0.2, -0.15) is 0 Å². The number of rotatable bonds is 4. The Bertz CT molecular complexity index is 980. The van der Waals surface area contributed by atoms with Crippen LogP contribution in [0.3, 0.4) is 0 Å². The maximum Gasteiger partial charge on any atom is 0.334 e. The molecule has 0 amide bonds. The molecule has 6 heteroatoms. The molecule has 168 valence electrons. The van der Waals surface area contributed by atoms with Gasteiger partial charge in [0.1, 0.15) is 6.10 Å². The topological polar surface area (TPSA) is 82.8 Å². The average molecular weight is 429 g/mol. The number of esters is 2. The summed E-state index contributed by atoms with van der Waals surface area (Å²) in [7, 11) is 0. The van der Waals surface area contributed by atoms with Gasteiger partial charge in [-0.05, 0) is 59.4 Å². The first kappa shape index (κ1) is 23.0. The molecule has 2 aliphatic carbocycles. The predicted molar refractivity (Wildman–Crippen MR) is 116 cm³/mol. The first-order valence-corrected chi connectivity index (χ1v) is 10.8. The van der Waals surface area contributed by atoms with Crippen LogP contribution in [0.4, 0.5) is 0 Å². The zero-order valence-corrected chi connectivity index (χ0v) is 19.5. The van der Waals surface area contributed by atoms with E-state index in [4.69, 9.17) is 13.9 Å².